The van der Waals surface area contributed by atoms with Gasteiger partial charge < -0.3 is 13.7 Å². The second kappa shape index (κ2) is 9.71. The Morgan fingerprint density at radius 1 is 0.319 bits per heavy atom. The van der Waals surface area contributed by atoms with Crippen molar-refractivity contribution in [1.29, 1.82) is 5.26 Å². The van der Waals surface area contributed by atoms with E-state index in [1.165, 1.54) is 43.6 Å². The van der Waals surface area contributed by atoms with Crippen LogP contribution in [0.15, 0.2) is 158 Å². The van der Waals surface area contributed by atoms with Gasteiger partial charge in [-0.25, -0.2) is 0 Å². The molecule has 0 saturated heterocycles. The van der Waals surface area contributed by atoms with Crippen LogP contribution in [-0.4, -0.2) is 13.7 Å². The fraction of sp³-hybridized carbons (Fsp3) is 0. The summed E-state index contributed by atoms with van der Waals surface area (Å²) in [5.41, 5.74) is 10.9. The molecule has 0 saturated carbocycles. The van der Waals surface area contributed by atoms with Crippen LogP contribution in [0.4, 0.5) is 0 Å². The molecule has 0 spiro atoms. The summed E-state index contributed by atoms with van der Waals surface area (Å²) in [5.74, 6) is 0. The molecule has 3 heterocycles. The molecular formula is C43H26N4. The van der Waals surface area contributed by atoms with Crippen molar-refractivity contribution in [2.24, 2.45) is 0 Å². The highest BCUT2D eigenvalue weighted by atomic mass is 15.0. The topological polar surface area (TPSA) is 38.6 Å². The van der Waals surface area contributed by atoms with Crippen LogP contribution >= 0.6 is 0 Å². The van der Waals surface area contributed by atoms with Crippen molar-refractivity contribution in [2.75, 3.05) is 0 Å². The maximum atomic E-state index is 9.63. The van der Waals surface area contributed by atoms with Crippen LogP contribution in [0.3, 0.4) is 0 Å². The zero-order chi connectivity index (χ0) is 31.1. The zero-order valence-electron chi connectivity index (χ0n) is 25.3. The molecule has 0 N–H and O–H groups in total. The average Bonchev–Trinajstić information content (AvgIpc) is 3.76. The molecule has 7 aromatic carbocycles. The summed E-state index contributed by atoms with van der Waals surface area (Å²) >= 11 is 0. The molecule has 0 aliphatic heterocycles. The normalized spacial score (nSPS) is 11.8. The first-order chi connectivity index (χ1) is 23.3. The summed E-state index contributed by atoms with van der Waals surface area (Å²) in [7, 11) is 0. The Bertz CT molecular complexity index is 2910. The van der Waals surface area contributed by atoms with Gasteiger partial charge in [0.15, 0.2) is 0 Å². The Balaban J connectivity index is 1.27. The predicted molar refractivity (Wildman–Crippen MR) is 194 cm³/mol. The Labute approximate surface area is 270 Å². The van der Waals surface area contributed by atoms with Crippen molar-refractivity contribution < 1.29 is 0 Å². The smallest absolute Gasteiger partial charge is 0.0991 e. The van der Waals surface area contributed by atoms with Gasteiger partial charge in [-0.2, -0.15) is 5.26 Å². The highest BCUT2D eigenvalue weighted by Gasteiger charge is 2.19. The van der Waals surface area contributed by atoms with Crippen molar-refractivity contribution in [1.82, 2.24) is 13.7 Å². The van der Waals surface area contributed by atoms with E-state index in [1.807, 2.05) is 12.1 Å². The third-order valence-electron chi connectivity index (χ3n) is 9.63. The molecule has 4 nitrogen and oxygen atoms in total. The van der Waals surface area contributed by atoms with Crippen LogP contribution < -0.4 is 0 Å². The van der Waals surface area contributed by atoms with Crippen molar-refractivity contribution >= 4 is 65.4 Å². The van der Waals surface area contributed by atoms with Gasteiger partial charge in [0.05, 0.1) is 44.7 Å². The quantitative estimate of drug-likeness (QED) is 0.199. The van der Waals surface area contributed by atoms with Crippen molar-refractivity contribution in [3.05, 3.63) is 163 Å². The molecule has 4 heteroatoms. The second-order valence-electron chi connectivity index (χ2n) is 12.1. The fourth-order valence-electron chi connectivity index (χ4n) is 7.66. The van der Waals surface area contributed by atoms with Crippen molar-refractivity contribution in [2.45, 2.75) is 0 Å². The number of nitriles is 1. The standard InChI is InChI=1S/C43H26N4/c44-27-28-21-22-41-35(23-28)32-15-4-8-19-39(32)46(41)30-13-10-14-31(24-30)47-40-20-9-6-17-34(40)37-25-42-36(26-43(37)47)33-16-5-7-18-38(33)45(42)29-11-2-1-3-12-29/h1-26H. The van der Waals surface area contributed by atoms with Gasteiger partial charge >= 0.3 is 0 Å². The van der Waals surface area contributed by atoms with Gasteiger partial charge in [-0.1, -0.05) is 78.9 Å². The number of hydrogen-bond acceptors (Lipinski definition) is 1. The van der Waals surface area contributed by atoms with E-state index in [4.69, 9.17) is 0 Å². The lowest BCUT2D eigenvalue weighted by molar-refractivity contribution is 1.13. The van der Waals surface area contributed by atoms with E-state index in [0.29, 0.717) is 5.56 Å². The second-order valence-corrected chi connectivity index (χ2v) is 12.1. The van der Waals surface area contributed by atoms with Crippen LogP contribution in [0.1, 0.15) is 5.56 Å². The molecule has 0 aliphatic carbocycles. The monoisotopic (exact) mass is 598 g/mol. The van der Waals surface area contributed by atoms with E-state index in [-0.39, 0.29) is 0 Å². The first kappa shape index (κ1) is 25.7. The summed E-state index contributed by atoms with van der Waals surface area (Å²) in [6.45, 7) is 0. The van der Waals surface area contributed by atoms with E-state index >= 15 is 0 Å². The lowest BCUT2D eigenvalue weighted by Gasteiger charge is -2.13. The van der Waals surface area contributed by atoms with Gasteiger partial charge in [-0.15, -0.1) is 0 Å². The number of hydrogen-bond donors (Lipinski definition) is 0. The largest absolute Gasteiger partial charge is 0.309 e. The molecule has 0 bridgehead atoms. The molecule has 3 aromatic heterocycles. The lowest BCUT2D eigenvalue weighted by Crippen LogP contribution is -1.98. The minimum absolute atomic E-state index is 0.666. The van der Waals surface area contributed by atoms with Gasteiger partial charge in [-0.3, -0.25) is 0 Å². The lowest BCUT2D eigenvalue weighted by atomic mass is 10.1. The molecule has 218 valence electrons. The minimum atomic E-state index is 0.666. The highest BCUT2D eigenvalue weighted by Crippen LogP contribution is 2.40. The summed E-state index contributed by atoms with van der Waals surface area (Å²) in [4.78, 5) is 0. The van der Waals surface area contributed by atoms with Crippen LogP contribution in [-0.2, 0) is 0 Å². The number of benzene rings is 7. The Kier molecular flexibility index (Phi) is 5.32. The van der Waals surface area contributed by atoms with E-state index in [2.05, 4.69) is 165 Å². The van der Waals surface area contributed by atoms with E-state index in [9.17, 15) is 5.26 Å². The van der Waals surface area contributed by atoms with Gasteiger partial charge in [0, 0.05) is 49.4 Å². The molecule has 47 heavy (non-hydrogen) atoms. The third kappa shape index (κ3) is 3.63. The van der Waals surface area contributed by atoms with E-state index < -0.39 is 0 Å². The van der Waals surface area contributed by atoms with Gasteiger partial charge in [0.25, 0.3) is 0 Å². The zero-order valence-corrected chi connectivity index (χ0v) is 25.3. The van der Waals surface area contributed by atoms with Gasteiger partial charge in [0.1, 0.15) is 0 Å². The molecule has 0 amide bonds. The predicted octanol–water partition coefficient (Wildman–Crippen LogP) is 10.8. The highest BCUT2D eigenvalue weighted by molar-refractivity contribution is 6.19. The van der Waals surface area contributed by atoms with Crippen LogP contribution in [0.2, 0.25) is 0 Å². The summed E-state index contributed by atoms with van der Waals surface area (Å²) in [5, 5.41) is 16.8. The molecular weight excluding hydrogens is 573 g/mol. The molecule has 0 atom stereocenters. The number of rotatable bonds is 3. The SMILES string of the molecule is N#Cc1ccc2c(c1)c1ccccc1n2-c1cccc(-n2c3ccccc3c3cc4c(cc32)c2ccccc2n4-c2ccccc2)c1. The molecule has 10 rings (SSSR count). The summed E-state index contributed by atoms with van der Waals surface area (Å²) in [6.07, 6.45) is 0. The van der Waals surface area contributed by atoms with Crippen molar-refractivity contribution in [3.8, 4) is 23.1 Å². The van der Waals surface area contributed by atoms with Gasteiger partial charge in [0.2, 0.25) is 0 Å². The van der Waals surface area contributed by atoms with Crippen molar-refractivity contribution in [3.63, 3.8) is 0 Å². The van der Waals surface area contributed by atoms with Crippen LogP contribution in [0, 0.1) is 11.3 Å². The summed E-state index contributed by atoms with van der Waals surface area (Å²) in [6, 6.07) is 58.4. The Morgan fingerprint density at radius 3 is 1.30 bits per heavy atom. The number of nitrogens with zero attached hydrogens (tertiary/aromatic N) is 4. The summed E-state index contributed by atoms with van der Waals surface area (Å²) < 4.78 is 7.11. The molecule has 0 fully saturated rings. The number of para-hydroxylation sites is 4. The molecule has 0 unspecified atom stereocenters. The van der Waals surface area contributed by atoms with E-state index in [1.54, 1.807) is 0 Å². The Morgan fingerprint density at radius 2 is 0.745 bits per heavy atom. The first-order valence-corrected chi connectivity index (χ1v) is 15.8. The third-order valence-corrected chi connectivity index (χ3v) is 9.63. The maximum Gasteiger partial charge on any atom is 0.0991 e. The number of aromatic nitrogens is 3. The van der Waals surface area contributed by atoms with Crippen LogP contribution in [0.25, 0.3) is 82.5 Å². The minimum Gasteiger partial charge on any atom is -0.309 e. The molecule has 0 aliphatic rings. The maximum absolute atomic E-state index is 9.63. The van der Waals surface area contributed by atoms with E-state index in [0.717, 1.165) is 38.9 Å². The molecule has 10 aromatic rings. The van der Waals surface area contributed by atoms with Crippen LogP contribution in [0.5, 0.6) is 0 Å². The average molecular weight is 599 g/mol. The Hall–Kier alpha value is -6.57. The first-order valence-electron chi connectivity index (χ1n) is 15.8. The molecule has 0 radical (unpaired) electrons. The van der Waals surface area contributed by atoms with Gasteiger partial charge in [-0.05, 0) is 78.9 Å². The number of fused-ring (bicyclic) bond motifs is 9. The fourth-order valence-corrected chi connectivity index (χ4v) is 7.66.